The number of nitrogens with zero attached hydrogens (tertiary/aromatic N) is 2. The van der Waals surface area contributed by atoms with E-state index in [0.29, 0.717) is 13.0 Å². The van der Waals surface area contributed by atoms with Gasteiger partial charge in [0.15, 0.2) is 0 Å². The van der Waals surface area contributed by atoms with Crippen molar-refractivity contribution in [3.63, 3.8) is 0 Å². The van der Waals surface area contributed by atoms with Crippen LogP contribution in [0.2, 0.25) is 0 Å². The SMILES string of the molecule is C=CCC1=NC(CC)CN1O. The van der Waals surface area contributed by atoms with E-state index in [2.05, 4.69) is 18.5 Å². The van der Waals surface area contributed by atoms with Crippen LogP contribution in [0.4, 0.5) is 0 Å². The molecule has 0 bridgehead atoms. The first-order valence-electron chi connectivity index (χ1n) is 3.92. The van der Waals surface area contributed by atoms with E-state index in [1.807, 2.05) is 0 Å². The molecule has 1 aliphatic rings. The van der Waals surface area contributed by atoms with Crippen LogP contribution in [0.1, 0.15) is 19.8 Å². The van der Waals surface area contributed by atoms with E-state index in [-0.39, 0.29) is 6.04 Å². The Hall–Kier alpha value is -0.830. The zero-order valence-corrected chi connectivity index (χ0v) is 6.82. The average Bonchev–Trinajstić information content (AvgIpc) is 2.33. The highest BCUT2D eigenvalue weighted by Gasteiger charge is 2.20. The molecule has 0 spiro atoms. The first-order valence-corrected chi connectivity index (χ1v) is 3.92. The second kappa shape index (κ2) is 3.53. The first-order chi connectivity index (χ1) is 5.27. The minimum Gasteiger partial charge on any atom is -0.287 e. The third kappa shape index (κ3) is 1.80. The van der Waals surface area contributed by atoms with Gasteiger partial charge in [-0.3, -0.25) is 10.2 Å². The largest absolute Gasteiger partial charge is 0.287 e. The number of hydroxylamine groups is 2. The van der Waals surface area contributed by atoms with Crippen LogP contribution < -0.4 is 0 Å². The zero-order chi connectivity index (χ0) is 8.27. The minimum atomic E-state index is 0.273. The number of aliphatic imine (C=N–C) groups is 1. The summed E-state index contributed by atoms with van der Waals surface area (Å²) in [6.07, 6.45) is 3.39. The summed E-state index contributed by atoms with van der Waals surface area (Å²) in [5, 5.41) is 10.5. The maximum Gasteiger partial charge on any atom is 0.127 e. The highest BCUT2D eigenvalue weighted by molar-refractivity contribution is 5.84. The summed E-state index contributed by atoms with van der Waals surface area (Å²) < 4.78 is 0. The predicted octanol–water partition coefficient (Wildman–Crippen LogP) is 1.44. The van der Waals surface area contributed by atoms with E-state index in [0.717, 1.165) is 12.3 Å². The van der Waals surface area contributed by atoms with E-state index < -0.39 is 0 Å². The fourth-order valence-corrected chi connectivity index (χ4v) is 1.13. The summed E-state index contributed by atoms with van der Waals surface area (Å²) in [7, 11) is 0. The predicted molar refractivity (Wildman–Crippen MR) is 44.8 cm³/mol. The molecule has 0 aromatic heterocycles. The van der Waals surface area contributed by atoms with Crippen LogP contribution in [0.25, 0.3) is 0 Å². The third-order valence-corrected chi connectivity index (χ3v) is 1.81. The second-order valence-electron chi connectivity index (χ2n) is 2.68. The Balaban J connectivity index is 2.55. The van der Waals surface area contributed by atoms with Crippen LogP contribution in [-0.4, -0.2) is 28.7 Å². The molecule has 0 fully saturated rings. The molecule has 1 rings (SSSR count). The molecule has 3 nitrogen and oxygen atoms in total. The number of hydrogen-bond donors (Lipinski definition) is 1. The Morgan fingerprint density at radius 2 is 2.64 bits per heavy atom. The molecule has 1 unspecified atom stereocenters. The van der Waals surface area contributed by atoms with Crippen molar-refractivity contribution in [2.45, 2.75) is 25.8 Å². The molecule has 1 N–H and O–H groups in total. The van der Waals surface area contributed by atoms with Gasteiger partial charge in [0.05, 0.1) is 12.6 Å². The quantitative estimate of drug-likeness (QED) is 0.624. The highest BCUT2D eigenvalue weighted by Crippen LogP contribution is 2.11. The van der Waals surface area contributed by atoms with Gasteiger partial charge in [-0.05, 0) is 6.42 Å². The van der Waals surface area contributed by atoms with Crippen molar-refractivity contribution in [2.24, 2.45) is 4.99 Å². The van der Waals surface area contributed by atoms with Crippen LogP contribution in [0.5, 0.6) is 0 Å². The monoisotopic (exact) mass is 154 g/mol. The van der Waals surface area contributed by atoms with Crippen molar-refractivity contribution in [3.05, 3.63) is 12.7 Å². The van der Waals surface area contributed by atoms with Crippen molar-refractivity contribution in [3.8, 4) is 0 Å². The maximum atomic E-state index is 9.28. The molecule has 0 aromatic carbocycles. The first kappa shape index (κ1) is 8.27. The Bertz CT molecular complexity index is 177. The lowest BCUT2D eigenvalue weighted by Gasteiger charge is -2.09. The van der Waals surface area contributed by atoms with Crippen molar-refractivity contribution in [2.75, 3.05) is 6.54 Å². The van der Waals surface area contributed by atoms with Gasteiger partial charge in [-0.1, -0.05) is 13.0 Å². The van der Waals surface area contributed by atoms with Gasteiger partial charge in [-0.25, -0.2) is 5.06 Å². The zero-order valence-electron chi connectivity index (χ0n) is 6.82. The summed E-state index contributed by atoms with van der Waals surface area (Å²) in [4.78, 5) is 4.30. The molecule has 3 heteroatoms. The summed E-state index contributed by atoms with van der Waals surface area (Å²) in [6.45, 7) is 6.30. The molecule has 62 valence electrons. The molecule has 0 aromatic rings. The molecular weight excluding hydrogens is 140 g/mol. The van der Waals surface area contributed by atoms with E-state index >= 15 is 0 Å². The van der Waals surface area contributed by atoms with E-state index in [1.165, 1.54) is 5.06 Å². The third-order valence-electron chi connectivity index (χ3n) is 1.81. The fourth-order valence-electron chi connectivity index (χ4n) is 1.13. The van der Waals surface area contributed by atoms with Gasteiger partial charge in [-0.2, -0.15) is 0 Å². The lowest BCUT2D eigenvalue weighted by Crippen LogP contribution is -2.24. The molecule has 1 atom stereocenters. The number of amidine groups is 1. The molecule has 0 aliphatic carbocycles. The normalized spacial score (nSPS) is 23.6. The van der Waals surface area contributed by atoms with Gasteiger partial charge in [0, 0.05) is 6.42 Å². The van der Waals surface area contributed by atoms with Crippen LogP contribution in [0.3, 0.4) is 0 Å². The van der Waals surface area contributed by atoms with Crippen LogP contribution >= 0.6 is 0 Å². The van der Waals surface area contributed by atoms with Crippen molar-refractivity contribution < 1.29 is 5.21 Å². The lowest BCUT2D eigenvalue weighted by molar-refractivity contribution is -0.00964. The van der Waals surface area contributed by atoms with E-state index in [4.69, 9.17) is 0 Å². The molecular formula is C8H14N2O. The Morgan fingerprint density at radius 3 is 3.09 bits per heavy atom. The second-order valence-corrected chi connectivity index (χ2v) is 2.68. The van der Waals surface area contributed by atoms with Gasteiger partial charge in [-0.15, -0.1) is 6.58 Å². The number of rotatable bonds is 3. The Labute approximate surface area is 67.0 Å². The van der Waals surface area contributed by atoms with Gasteiger partial charge < -0.3 is 0 Å². The van der Waals surface area contributed by atoms with Crippen LogP contribution in [0.15, 0.2) is 17.6 Å². The summed E-state index contributed by atoms with van der Waals surface area (Å²) in [5.74, 6) is 0.742. The molecule has 1 heterocycles. The Morgan fingerprint density at radius 1 is 1.91 bits per heavy atom. The average molecular weight is 154 g/mol. The van der Waals surface area contributed by atoms with Crippen molar-refractivity contribution in [1.82, 2.24) is 5.06 Å². The van der Waals surface area contributed by atoms with Crippen molar-refractivity contribution in [1.29, 1.82) is 0 Å². The van der Waals surface area contributed by atoms with Crippen LogP contribution in [-0.2, 0) is 0 Å². The van der Waals surface area contributed by atoms with Crippen molar-refractivity contribution >= 4 is 5.84 Å². The molecule has 0 radical (unpaired) electrons. The van der Waals surface area contributed by atoms with Gasteiger partial charge in [0.25, 0.3) is 0 Å². The fraction of sp³-hybridized carbons (Fsp3) is 0.625. The van der Waals surface area contributed by atoms with Gasteiger partial charge in [0.1, 0.15) is 5.84 Å². The van der Waals surface area contributed by atoms with Gasteiger partial charge >= 0.3 is 0 Å². The molecule has 0 amide bonds. The minimum absolute atomic E-state index is 0.273. The van der Waals surface area contributed by atoms with E-state index in [1.54, 1.807) is 6.08 Å². The smallest absolute Gasteiger partial charge is 0.127 e. The standard InChI is InChI=1S/C8H14N2O/c1-3-5-8-9-7(4-2)6-10(8)11/h3,7,11H,1,4-6H2,2H3. The highest BCUT2D eigenvalue weighted by atomic mass is 16.5. The topological polar surface area (TPSA) is 35.8 Å². The molecule has 1 aliphatic heterocycles. The summed E-state index contributed by atoms with van der Waals surface area (Å²) in [6, 6.07) is 0.273. The van der Waals surface area contributed by atoms with E-state index in [9.17, 15) is 5.21 Å². The lowest BCUT2D eigenvalue weighted by atomic mass is 10.2. The summed E-state index contributed by atoms with van der Waals surface area (Å²) >= 11 is 0. The van der Waals surface area contributed by atoms with Gasteiger partial charge in [0.2, 0.25) is 0 Å². The summed E-state index contributed by atoms with van der Waals surface area (Å²) in [5.41, 5.74) is 0. The molecule has 0 saturated heterocycles. The maximum absolute atomic E-state index is 9.28. The van der Waals surface area contributed by atoms with Crippen LogP contribution in [0, 0.1) is 0 Å². The Kier molecular flexibility index (Phi) is 2.65. The number of hydrogen-bond acceptors (Lipinski definition) is 3. The molecule has 11 heavy (non-hydrogen) atoms. The molecule has 0 saturated carbocycles.